The second-order valence-corrected chi connectivity index (χ2v) is 9.08. The number of rotatable bonds is 5. The van der Waals surface area contributed by atoms with Crippen LogP contribution in [0, 0.1) is 0 Å². The van der Waals surface area contributed by atoms with Crippen molar-refractivity contribution in [1.82, 2.24) is 20.0 Å². The van der Waals surface area contributed by atoms with Gasteiger partial charge in [0.05, 0.1) is 26.0 Å². The number of ether oxygens (including phenoxy) is 2. The van der Waals surface area contributed by atoms with Crippen molar-refractivity contribution in [2.75, 3.05) is 45.7 Å². The van der Waals surface area contributed by atoms with Gasteiger partial charge in [0.15, 0.2) is 17.5 Å². The van der Waals surface area contributed by atoms with Crippen molar-refractivity contribution in [3.8, 4) is 22.8 Å². The Kier molecular flexibility index (Phi) is 8.08. The Bertz CT molecular complexity index is 1280. The summed E-state index contributed by atoms with van der Waals surface area (Å²) in [5, 5.41) is 10.7. The molecule has 2 unspecified atom stereocenters. The SMILES string of the molecule is COc1ccc(C2CC(C(F)(F)F)n3nc(-c4ccc(C(=O)N5CCNCC5)cc4)cc3N2)cc1OC.Cl. The molecule has 2 atom stereocenters. The van der Waals surface area contributed by atoms with E-state index < -0.39 is 18.3 Å². The topological polar surface area (TPSA) is 80.7 Å². The Morgan fingerprint density at radius 3 is 2.32 bits per heavy atom. The third-order valence-electron chi connectivity index (χ3n) is 6.83. The molecule has 0 spiro atoms. The molecule has 2 aliphatic heterocycles. The fourth-order valence-electron chi connectivity index (χ4n) is 4.84. The average molecular weight is 552 g/mol. The highest BCUT2D eigenvalue weighted by atomic mass is 35.5. The summed E-state index contributed by atoms with van der Waals surface area (Å²) in [6.07, 6.45) is -4.72. The van der Waals surface area contributed by atoms with Gasteiger partial charge in [-0.3, -0.25) is 4.79 Å². The van der Waals surface area contributed by atoms with Crippen LogP contribution < -0.4 is 20.1 Å². The van der Waals surface area contributed by atoms with Crippen molar-refractivity contribution in [2.24, 2.45) is 0 Å². The zero-order chi connectivity index (χ0) is 26.2. The van der Waals surface area contributed by atoms with Gasteiger partial charge in [-0.2, -0.15) is 18.3 Å². The Morgan fingerprint density at radius 2 is 1.68 bits per heavy atom. The van der Waals surface area contributed by atoms with E-state index in [1.54, 1.807) is 53.4 Å². The van der Waals surface area contributed by atoms with E-state index in [1.165, 1.54) is 14.2 Å². The summed E-state index contributed by atoms with van der Waals surface area (Å²) in [7, 11) is 2.99. The molecule has 2 N–H and O–H groups in total. The fourth-order valence-corrected chi connectivity index (χ4v) is 4.84. The van der Waals surface area contributed by atoms with Crippen molar-refractivity contribution >= 4 is 24.1 Å². The molecule has 3 heterocycles. The molecule has 38 heavy (non-hydrogen) atoms. The Morgan fingerprint density at radius 1 is 1.00 bits per heavy atom. The lowest BCUT2D eigenvalue weighted by molar-refractivity contribution is -0.173. The predicted octanol–water partition coefficient (Wildman–Crippen LogP) is 4.69. The van der Waals surface area contributed by atoms with Gasteiger partial charge in [0.25, 0.3) is 5.91 Å². The molecule has 2 aliphatic rings. The second-order valence-electron chi connectivity index (χ2n) is 9.08. The minimum absolute atomic E-state index is 0. The first-order valence-electron chi connectivity index (χ1n) is 12.0. The first kappa shape index (κ1) is 27.6. The van der Waals surface area contributed by atoms with Gasteiger partial charge >= 0.3 is 6.18 Å². The van der Waals surface area contributed by atoms with Gasteiger partial charge in [-0.15, -0.1) is 12.4 Å². The summed E-state index contributed by atoms with van der Waals surface area (Å²) in [4.78, 5) is 14.5. The van der Waals surface area contributed by atoms with Gasteiger partial charge in [0.2, 0.25) is 0 Å². The molecule has 0 bridgehead atoms. The number of hydrogen-bond acceptors (Lipinski definition) is 6. The summed E-state index contributed by atoms with van der Waals surface area (Å²) in [6, 6.07) is 11.1. The number of nitrogens with one attached hydrogen (secondary N) is 2. The number of alkyl halides is 3. The lowest BCUT2D eigenvalue weighted by Gasteiger charge is -2.33. The molecule has 1 aromatic heterocycles. The summed E-state index contributed by atoms with van der Waals surface area (Å²) in [6.45, 7) is 2.78. The second kappa shape index (κ2) is 11.1. The van der Waals surface area contributed by atoms with Crippen LogP contribution in [0.3, 0.4) is 0 Å². The number of piperazine rings is 1. The smallest absolute Gasteiger partial charge is 0.410 e. The van der Waals surface area contributed by atoms with E-state index in [4.69, 9.17) is 9.47 Å². The number of anilines is 1. The number of carbonyl (C=O) groups excluding carboxylic acids is 1. The van der Waals surface area contributed by atoms with Crippen molar-refractivity contribution in [3.05, 3.63) is 59.7 Å². The number of fused-ring (bicyclic) bond motifs is 1. The molecule has 12 heteroatoms. The number of halogens is 4. The molecule has 2 aromatic carbocycles. The van der Waals surface area contributed by atoms with Gasteiger partial charge in [0.1, 0.15) is 5.82 Å². The van der Waals surface area contributed by atoms with E-state index in [1.807, 2.05) is 0 Å². The van der Waals surface area contributed by atoms with Crippen molar-refractivity contribution in [2.45, 2.75) is 24.7 Å². The maximum absolute atomic E-state index is 14.1. The van der Waals surface area contributed by atoms with E-state index in [0.29, 0.717) is 47.0 Å². The van der Waals surface area contributed by atoms with Crippen LogP contribution in [0.25, 0.3) is 11.3 Å². The van der Waals surface area contributed by atoms with Crippen LogP contribution >= 0.6 is 12.4 Å². The molecule has 3 aromatic rings. The van der Waals surface area contributed by atoms with Gasteiger partial charge in [-0.05, 0) is 29.8 Å². The molecule has 0 aliphatic carbocycles. The van der Waals surface area contributed by atoms with Crippen molar-refractivity contribution in [3.63, 3.8) is 0 Å². The lowest BCUT2D eigenvalue weighted by Crippen LogP contribution is -2.46. The van der Waals surface area contributed by atoms with Gasteiger partial charge < -0.3 is 25.0 Å². The molecule has 1 amide bonds. The number of aromatic nitrogens is 2. The molecule has 5 rings (SSSR count). The summed E-state index contributed by atoms with van der Waals surface area (Å²) in [5.74, 6) is 1.15. The largest absolute Gasteiger partial charge is 0.493 e. The highest BCUT2D eigenvalue weighted by molar-refractivity contribution is 5.94. The lowest BCUT2D eigenvalue weighted by atomic mass is 9.96. The van der Waals surface area contributed by atoms with E-state index in [9.17, 15) is 18.0 Å². The molecular weight excluding hydrogens is 523 g/mol. The Balaban J connectivity index is 0.00000336. The van der Waals surface area contributed by atoms with E-state index in [2.05, 4.69) is 15.7 Å². The number of benzene rings is 2. The summed E-state index contributed by atoms with van der Waals surface area (Å²) in [5.41, 5.74) is 2.21. The van der Waals surface area contributed by atoms with Gasteiger partial charge in [0, 0.05) is 49.8 Å². The molecule has 204 valence electrons. The van der Waals surface area contributed by atoms with Crippen LogP contribution in [0.4, 0.5) is 19.0 Å². The molecule has 1 saturated heterocycles. The standard InChI is InChI=1S/C26H28F3N5O3.ClH/c1-36-21-8-7-18(13-22(21)37-2)19-14-23(26(27,28)29)34-24(31-19)15-20(32-34)16-3-5-17(6-4-16)25(35)33-11-9-30-10-12-33;/h3-8,13,15,19,23,30-31H,9-12,14H2,1-2H3;1H. The first-order valence-corrected chi connectivity index (χ1v) is 12.0. The van der Waals surface area contributed by atoms with Crippen LogP contribution in [0.5, 0.6) is 11.5 Å². The van der Waals surface area contributed by atoms with Crippen molar-refractivity contribution < 1.29 is 27.4 Å². The minimum atomic E-state index is -4.49. The summed E-state index contributed by atoms with van der Waals surface area (Å²) < 4.78 is 54.0. The van der Waals surface area contributed by atoms with Gasteiger partial charge in [-0.25, -0.2) is 4.68 Å². The van der Waals surface area contributed by atoms with Crippen LogP contribution in [0.2, 0.25) is 0 Å². The minimum Gasteiger partial charge on any atom is -0.493 e. The number of nitrogens with zero attached hydrogens (tertiary/aromatic N) is 3. The molecular formula is C26H29ClF3N5O3. The monoisotopic (exact) mass is 551 g/mol. The Hall–Kier alpha value is -3.44. The number of amides is 1. The van der Waals surface area contributed by atoms with Crippen LogP contribution in [-0.2, 0) is 0 Å². The predicted molar refractivity (Wildman–Crippen MR) is 139 cm³/mol. The maximum Gasteiger partial charge on any atom is 0.410 e. The zero-order valence-corrected chi connectivity index (χ0v) is 21.7. The molecule has 0 radical (unpaired) electrons. The fraction of sp³-hybridized carbons (Fsp3) is 0.385. The van der Waals surface area contributed by atoms with E-state index in [0.717, 1.165) is 17.8 Å². The highest BCUT2D eigenvalue weighted by Gasteiger charge is 2.46. The maximum atomic E-state index is 14.1. The molecule has 0 saturated carbocycles. The Labute approximate surface area is 224 Å². The van der Waals surface area contributed by atoms with Crippen molar-refractivity contribution in [1.29, 1.82) is 0 Å². The van der Waals surface area contributed by atoms with Gasteiger partial charge in [-0.1, -0.05) is 18.2 Å². The molecule has 1 fully saturated rings. The van der Waals surface area contributed by atoms with Crippen LogP contribution in [0.15, 0.2) is 48.5 Å². The third kappa shape index (κ3) is 5.39. The van der Waals surface area contributed by atoms with E-state index >= 15 is 0 Å². The molecule has 8 nitrogen and oxygen atoms in total. The first-order chi connectivity index (χ1) is 17.8. The quantitative estimate of drug-likeness (QED) is 0.479. The highest BCUT2D eigenvalue weighted by Crippen LogP contribution is 2.45. The third-order valence-corrected chi connectivity index (χ3v) is 6.83. The zero-order valence-electron chi connectivity index (χ0n) is 20.9. The number of carbonyl (C=O) groups is 1. The summed E-state index contributed by atoms with van der Waals surface area (Å²) >= 11 is 0. The van der Waals surface area contributed by atoms with E-state index in [-0.39, 0.29) is 30.6 Å². The van der Waals surface area contributed by atoms with Crippen LogP contribution in [-0.4, -0.2) is 67.2 Å². The number of methoxy groups -OCH3 is 2. The normalized spacial score (nSPS) is 19.1. The van der Waals surface area contributed by atoms with Crippen LogP contribution in [0.1, 0.15) is 34.4 Å². The average Bonchev–Trinajstić information content (AvgIpc) is 3.36. The number of hydrogen-bond donors (Lipinski definition) is 2.